The first kappa shape index (κ1) is 18.5. The fraction of sp³-hybridized carbons (Fsp3) is 0.238. The minimum Gasteiger partial charge on any atom is -0.423 e. The van der Waals surface area contributed by atoms with Crippen molar-refractivity contribution in [1.29, 1.82) is 0 Å². The fourth-order valence-electron chi connectivity index (χ4n) is 3.51. The number of rotatable bonds is 4. The Hall–Kier alpha value is -2.90. The molecule has 0 amide bonds. The van der Waals surface area contributed by atoms with E-state index in [2.05, 4.69) is 20.6 Å². The summed E-state index contributed by atoms with van der Waals surface area (Å²) in [6.07, 6.45) is 1.79. The summed E-state index contributed by atoms with van der Waals surface area (Å²) >= 11 is 0. The van der Waals surface area contributed by atoms with Crippen molar-refractivity contribution in [3.05, 3.63) is 65.4 Å². The Bertz CT molecular complexity index is 1020. The lowest BCUT2D eigenvalue weighted by Gasteiger charge is -2.21. The highest BCUT2D eigenvalue weighted by Gasteiger charge is 2.41. The maximum atomic E-state index is 10.2. The Kier molecular flexibility index (Phi) is 4.57. The van der Waals surface area contributed by atoms with Crippen LogP contribution in [0, 0.1) is 13.8 Å². The molecule has 2 heterocycles. The van der Waals surface area contributed by atoms with E-state index in [4.69, 9.17) is 4.65 Å². The molecule has 0 bridgehead atoms. The molecule has 3 aromatic rings. The van der Waals surface area contributed by atoms with Crippen LogP contribution in [0.2, 0.25) is 0 Å². The number of nitrogens with zero attached hydrogens (tertiary/aromatic N) is 2. The highest BCUT2D eigenvalue weighted by molar-refractivity contribution is 6.62. The number of hydrogen-bond acceptors (Lipinski definition) is 6. The molecule has 6 nitrogen and oxygen atoms in total. The Morgan fingerprint density at radius 3 is 2.50 bits per heavy atom. The van der Waals surface area contributed by atoms with Gasteiger partial charge in [-0.2, -0.15) is 4.98 Å². The number of hydrogen-bond donors (Lipinski definition) is 3. The topological polar surface area (TPSA) is 79.3 Å². The van der Waals surface area contributed by atoms with Crippen LogP contribution >= 0.6 is 0 Å². The Balaban J connectivity index is 1.64. The zero-order valence-electron chi connectivity index (χ0n) is 16.4. The van der Waals surface area contributed by atoms with Crippen molar-refractivity contribution in [1.82, 2.24) is 9.97 Å². The first-order valence-corrected chi connectivity index (χ1v) is 9.27. The molecule has 1 aliphatic heterocycles. The standard InChI is InChI=1S/C21H23BN4O2/c1-13-10-16(11-17-18(13)22(27)28-21(17,3)4)25-20-23-12-14(2)19(26-20)24-15-8-6-5-7-9-15/h5-12,27H,1-4H3,(H2,23,24,25,26). The molecule has 0 radical (unpaired) electrons. The zero-order valence-corrected chi connectivity index (χ0v) is 16.4. The van der Waals surface area contributed by atoms with Gasteiger partial charge >= 0.3 is 7.12 Å². The number of aromatic nitrogens is 2. The molecule has 28 heavy (non-hydrogen) atoms. The molecular weight excluding hydrogens is 351 g/mol. The van der Waals surface area contributed by atoms with Crippen molar-refractivity contribution in [2.45, 2.75) is 33.3 Å². The molecule has 142 valence electrons. The van der Waals surface area contributed by atoms with Gasteiger partial charge in [0, 0.05) is 23.1 Å². The molecule has 0 saturated carbocycles. The van der Waals surface area contributed by atoms with E-state index in [-0.39, 0.29) is 0 Å². The van der Waals surface area contributed by atoms with E-state index in [1.54, 1.807) is 6.20 Å². The quantitative estimate of drug-likeness (QED) is 0.607. The van der Waals surface area contributed by atoms with Crippen molar-refractivity contribution in [2.75, 3.05) is 10.6 Å². The van der Waals surface area contributed by atoms with Gasteiger partial charge in [-0.1, -0.05) is 18.2 Å². The number of aryl methyl sites for hydroxylation is 2. The second-order valence-corrected chi connectivity index (χ2v) is 7.58. The number of anilines is 4. The lowest BCUT2D eigenvalue weighted by molar-refractivity contribution is 0.101. The first-order valence-electron chi connectivity index (χ1n) is 9.27. The van der Waals surface area contributed by atoms with Crippen LogP contribution in [-0.2, 0) is 10.3 Å². The van der Waals surface area contributed by atoms with E-state index in [1.807, 2.05) is 70.2 Å². The maximum absolute atomic E-state index is 10.2. The summed E-state index contributed by atoms with van der Waals surface area (Å²) in [5.41, 5.74) is 5.01. The van der Waals surface area contributed by atoms with Gasteiger partial charge in [0.1, 0.15) is 5.82 Å². The fourth-order valence-corrected chi connectivity index (χ4v) is 3.51. The molecule has 0 atom stereocenters. The average Bonchev–Trinajstić information content (AvgIpc) is 2.88. The molecule has 0 saturated heterocycles. The van der Waals surface area contributed by atoms with Gasteiger partial charge in [0.25, 0.3) is 0 Å². The summed E-state index contributed by atoms with van der Waals surface area (Å²) < 4.78 is 5.69. The molecule has 3 N–H and O–H groups in total. The second kappa shape index (κ2) is 6.93. The summed E-state index contributed by atoms with van der Waals surface area (Å²) in [5, 5.41) is 16.8. The van der Waals surface area contributed by atoms with Crippen LogP contribution in [0.5, 0.6) is 0 Å². The molecule has 0 fully saturated rings. The third-order valence-electron chi connectivity index (χ3n) is 4.95. The zero-order chi connectivity index (χ0) is 19.9. The molecule has 1 aliphatic rings. The van der Waals surface area contributed by atoms with Gasteiger partial charge in [0.2, 0.25) is 5.95 Å². The van der Waals surface area contributed by atoms with Crippen LogP contribution in [0.15, 0.2) is 48.7 Å². The van der Waals surface area contributed by atoms with Gasteiger partial charge in [-0.25, -0.2) is 4.98 Å². The molecule has 7 heteroatoms. The van der Waals surface area contributed by atoms with Gasteiger partial charge in [-0.3, -0.25) is 0 Å². The van der Waals surface area contributed by atoms with Crippen LogP contribution in [0.4, 0.5) is 23.1 Å². The largest absolute Gasteiger partial charge is 0.492 e. The SMILES string of the molecule is Cc1cnc(Nc2cc(C)c3c(c2)C(C)(C)OB3O)nc1Nc1ccccc1. The van der Waals surface area contributed by atoms with Gasteiger partial charge in [-0.05, 0) is 68.6 Å². The maximum Gasteiger partial charge on any atom is 0.492 e. The molecule has 4 rings (SSSR count). The Morgan fingerprint density at radius 2 is 1.75 bits per heavy atom. The summed E-state index contributed by atoms with van der Waals surface area (Å²) in [7, 11) is -0.892. The van der Waals surface area contributed by atoms with Gasteiger partial charge in [0.15, 0.2) is 0 Å². The predicted octanol–water partition coefficient (Wildman–Crippen LogP) is 3.53. The van der Waals surface area contributed by atoms with Crippen molar-refractivity contribution < 1.29 is 9.68 Å². The first-order chi connectivity index (χ1) is 13.3. The molecule has 2 aromatic carbocycles. The summed E-state index contributed by atoms with van der Waals surface area (Å²) in [6, 6.07) is 13.9. The van der Waals surface area contributed by atoms with Gasteiger partial charge < -0.3 is 20.3 Å². The lowest BCUT2D eigenvalue weighted by Crippen LogP contribution is -2.30. The third-order valence-corrected chi connectivity index (χ3v) is 4.95. The Labute approximate surface area is 165 Å². The van der Waals surface area contributed by atoms with Crippen LogP contribution in [0.25, 0.3) is 0 Å². The van der Waals surface area contributed by atoms with E-state index in [9.17, 15) is 5.02 Å². The van der Waals surface area contributed by atoms with Crippen molar-refractivity contribution in [2.24, 2.45) is 0 Å². The molecule has 0 unspecified atom stereocenters. The summed E-state index contributed by atoms with van der Waals surface area (Å²) in [6.45, 7) is 7.84. The van der Waals surface area contributed by atoms with Crippen LogP contribution in [0.1, 0.15) is 30.5 Å². The predicted molar refractivity (Wildman–Crippen MR) is 113 cm³/mol. The van der Waals surface area contributed by atoms with E-state index >= 15 is 0 Å². The van der Waals surface area contributed by atoms with Crippen molar-refractivity contribution in [3.8, 4) is 0 Å². The summed E-state index contributed by atoms with van der Waals surface area (Å²) in [5.74, 6) is 1.25. The monoisotopic (exact) mass is 374 g/mol. The number of para-hydroxylation sites is 1. The van der Waals surface area contributed by atoms with Gasteiger partial charge in [0.05, 0.1) is 5.60 Å². The average molecular weight is 374 g/mol. The van der Waals surface area contributed by atoms with Crippen LogP contribution in [-0.4, -0.2) is 22.1 Å². The van der Waals surface area contributed by atoms with Crippen LogP contribution < -0.4 is 16.1 Å². The van der Waals surface area contributed by atoms with Crippen molar-refractivity contribution >= 4 is 35.7 Å². The lowest BCUT2D eigenvalue weighted by atomic mass is 9.75. The second-order valence-electron chi connectivity index (χ2n) is 7.58. The minimum absolute atomic E-state index is 0.501. The van der Waals surface area contributed by atoms with E-state index in [1.165, 1.54) is 0 Å². The summed E-state index contributed by atoms with van der Waals surface area (Å²) in [4.78, 5) is 9.03. The van der Waals surface area contributed by atoms with Crippen molar-refractivity contribution in [3.63, 3.8) is 0 Å². The third kappa shape index (κ3) is 3.46. The smallest absolute Gasteiger partial charge is 0.423 e. The highest BCUT2D eigenvalue weighted by atomic mass is 16.5. The minimum atomic E-state index is -0.892. The van der Waals surface area contributed by atoms with Gasteiger partial charge in [-0.15, -0.1) is 0 Å². The molecular formula is C21H23BN4O2. The molecule has 0 spiro atoms. The van der Waals surface area contributed by atoms with Crippen LogP contribution in [0.3, 0.4) is 0 Å². The number of benzene rings is 2. The molecule has 1 aromatic heterocycles. The van der Waals surface area contributed by atoms with E-state index in [0.717, 1.165) is 39.3 Å². The highest BCUT2D eigenvalue weighted by Crippen LogP contribution is 2.33. The van der Waals surface area contributed by atoms with E-state index in [0.29, 0.717) is 5.95 Å². The molecule has 0 aliphatic carbocycles. The number of fused-ring (bicyclic) bond motifs is 1. The van der Waals surface area contributed by atoms with E-state index < -0.39 is 12.7 Å². The Morgan fingerprint density at radius 1 is 1.00 bits per heavy atom. The number of nitrogens with one attached hydrogen (secondary N) is 2. The normalized spacial score (nSPS) is 14.7.